The lowest BCUT2D eigenvalue weighted by atomic mass is 10.4. The number of nitrogens with zero attached hydrogens (tertiary/aromatic N) is 2. The van der Waals surface area contributed by atoms with Crippen LogP contribution in [0.3, 0.4) is 0 Å². The molecule has 74 valence electrons. The van der Waals surface area contributed by atoms with Crippen molar-refractivity contribution in [2.75, 3.05) is 12.8 Å². The monoisotopic (exact) mass is 203 g/mol. The Bertz CT molecular complexity index is 369. The molecule has 1 aromatic heterocycles. The van der Waals surface area contributed by atoms with Crippen molar-refractivity contribution in [2.45, 2.75) is 6.42 Å². The lowest BCUT2D eigenvalue weighted by molar-refractivity contribution is 0.586. The van der Waals surface area contributed by atoms with Crippen LogP contribution in [-0.4, -0.2) is 30.8 Å². The number of sulfonamides is 1. The van der Waals surface area contributed by atoms with Gasteiger partial charge in [0.2, 0.25) is 10.0 Å². The standard InChI is InChI=1S/C7H13N3O2S/c1-10-6-5-8-7(10)3-4-9-13(2,11)12/h5-6,9H,3-4H2,1-2H3. The molecule has 0 aliphatic rings. The Hall–Kier alpha value is -0.880. The van der Waals surface area contributed by atoms with Crippen LogP contribution in [0.15, 0.2) is 12.4 Å². The summed E-state index contributed by atoms with van der Waals surface area (Å²) < 4.78 is 25.7. The van der Waals surface area contributed by atoms with Crippen molar-refractivity contribution in [1.29, 1.82) is 0 Å². The zero-order chi connectivity index (χ0) is 9.90. The third-order valence-electron chi connectivity index (χ3n) is 1.63. The van der Waals surface area contributed by atoms with Gasteiger partial charge in [0, 0.05) is 32.4 Å². The van der Waals surface area contributed by atoms with E-state index in [1.165, 1.54) is 0 Å². The van der Waals surface area contributed by atoms with E-state index in [0.29, 0.717) is 13.0 Å². The van der Waals surface area contributed by atoms with Crippen LogP contribution < -0.4 is 4.72 Å². The fourth-order valence-electron chi connectivity index (χ4n) is 0.986. The first kappa shape index (κ1) is 10.2. The van der Waals surface area contributed by atoms with Crippen molar-refractivity contribution in [3.8, 4) is 0 Å². The van der Waals surface area contributed by atoms with Gasteiger partial charge in [-0.25, -0.2) is 18.1 Å². The highest BCUT2D eigenvalue weighted by Gasteiger charge is 2.02. The van der Waals surface area contributed by atoms with Crippen molar-refractivity contribution in [2.24, 2.45) is 7.05 Å². The molecule has 0 bridgehead atoms. The van der Waals surface area contributed by atoms with Crippen LogP contribution in [0.1, 0.15) is 5.82 Å². The summed E-state index contributed by atoms with van der Waals surface area (Å²) in [5.74, 6) is 0.871. The lowest BCUT2D eigenvalue weighted by Gasteiger charge is -2.02. The molecular weight excluding hydrogens is 190 g/mol. The molecule has 0 saturated carbocycles. The summed E-state index contributed by atoms with van der Waals surface area (Å²) >= 11 is 0. The second kappa shape index (κ2) is 3.89. The number of hydrogen-bond donors (Lipinski definition) is 1. The maximum absolute atomic E-state index is 10.7. The molecule has 0 amide bonds. The fourth-order valence-corrected chi connectivity index (χ4v) is 1.46. The number of nitrogens with one attached hydrogen (secondary N) is 1. The molecule has 5 nitrogen and oxygen atoms in total. The van der Waals surface area contributed by atoms with Crippen LogP contribution in [0.2, 0.25) is 0 Å². The van der Waals surface area contributed by atoms with Crippen LogP contribution in [0.25, 0.3) is 0 Å². The third-order valence-corrected chi connectivity index (χ3v) is 2.36. The average molecular weight is 203 g/mol. The van der Waals surface area contributed by atoms with Crippen LogP contribution in [-0.2, 0) is 23.5 Å². The molecule has 0 spiro atoms. The minimum absolute atomic E-state index is 0.393. The zero-order valence-corrected chi connectivity index (χ0v) is 8.50. The van der Waals surface area contributed by atoms with Crippen molar-refractivity contribution >= 4 is 10.0 Å². The molecule has 1 heterocycles. The second-order valence-electron chi connectivity index (χ2n) is 2.87. The van der Waals surface area contributed by atoms with Crippen LogP contribution in [0.5, 0.6) is 0 Å². The van der Waals surface area contributed by atoms with Gasteiger partial charge < -0.3 is 4.57 Å². The summed E-state index contributed by atoms with van der Waals surface area (Å²) in [5.41, 5.74) is 0. The van der Waals surface area contributed by atoms with Gasteiger partial charge in [-0.2, -0.15) is 0 Å². The van der Waals surface area contributed by atoms with Crippen LogP contribution in [0, 0.1) is 0 Å². The van der Waals surface area contributed by atoms with E-state index in [1.807, 2.05) is 17.8 Å². The SMILES string of the molecule is Cn1ccnc1CCNS(C)(=O)=O. The smallest absolute Gasteiger partial charge is 0.208 e. The molecule has 0 aromatic carbocycles. The van der Waals surface area contributed by atoms with Gasteiger partial charge in [0.05, 0.1) is 6.26 Å². The number of aromatic nitrogens is 2. The molecule has 6 heteroatoms. The molecule has 0 radical (unpaired) electrons. The summed E-state index contributed by atoms with van der Waals surface area (Å²) in [6.07, 6.45) is 5.27. The quantitative estimate of drug-likeness (QED) is 0.718. The molecule has 0 aliphatic heterocycles. The van der Waals surface area contributed by atoms with Crippen molar-refractivity contribution < 1.29 is 8.42 Å². The maximum atomic E-state index is 10.7. The molecule has 1 aromatic rings. The van der Waals surface area contributed by atoms with Crippen molar-refractivity contribution in [3.63, 3.8) is 0 Å². The average Bonchev–Trinajstić information content (AvgIpc) is 2.34. The maximum Gasteiger partial charge on any atom is 0.208 e. The van der Waals surface area contributed by atoms with E-state index in [-0.39, 0.29) is 0 Å². The first-order valence-electron chi connectivity index (χ1n) is 3.90. The van der Waals surface area contributed by atoms with E-state index >= 15 is 0 Å². The lowest BCUT2D eigenvalue weighted by Crippen LogP contribution is -2.25. The van der Waals surface area contributed by atoms with E-state index in [9.17, 15) is 8.42 Å². The van der Waals surface area contributed by atoms with E-state index < -0.39 is 10.0 Å². The van der Waals surface area contributed by atoms with Gasteiger partial charge in [-0.15, -0.1) is 0 Å². The molecule has 1 N–H and O–H groups in total. The Labute approximate surface area is 77.8 Å². The molecule has 1 rings (SSSR count). The van der Waals surface area contributed by atoms with E-state index in [4.69, 9.17) is 0 Å². The fraction of sp³-hybridized carbons (Fsp3) is 0.571. The number of imidazole rings is 1. The third kappa shape index (κ3) is 3.56. The van der Waals surface area contributed by atoms with Gasteiger partial charge in [-0.3, -0.25) is 0 Å². The minimum atomic E-state index is -3.08. The van der Waals surface area contributed by atoms with Gasteiger partial charge in [0.15, 0.2) is 0 Å². The number of rotatable bonds is 4. The Balaban J connectivity index is 2.41. The molecule has 0 fully saturated rings. The summed E-state index contributed by atoms with van der Waals surface area (Å²) in [6.45, 7) is 0.393. The number of hydrogen-bond acceptors (Lipinski definition) is 3. The second-order valence-corrected chi connectivity index (χ2v) is 4.70. The number of aryl methyl sites for hydroxylation is 1. The van der Waals surface area contributed by atoms with Gasteiger partial charge in [-0.1, -0.05) is 0 Å². The summed E-state index contributed by atoms with van der Waals surface area (Å²) in [4.78, 5) is 4.06. The summed E-state index contributed by atoms with van der Waals surface area (Å²) in [6, 6.07) is 0. The Morgan fingerprint density at radius 3 is 2.77 bits per heavy atom. The Kier molecular flexibility index (Phi) is 3.05. The Morgan fingerprint density at radius 2 is 2.31 bits per heavy atom. The van der Waals surface area contributed by atoms with Gasteiger partial charge in [-0.05, 0) is 0 Å². The normalized spacial score (nSPS) is 11.8. The highest BCUT2D eigenvalue weighted by molar-refractivity contribution is 7.88. The topological polar surface area (TPSA) is 64.0 Å². The molecule has 13 heavy (non-hydrogen) atoms. The minimum Gasteiger partial charge on any atom is -0.338 e. The van der Waals surface area contributed by atoms with E-state index in [1.54, 1.807) is 6.20 Å². The van der Waals surface area contributed by atoms with E-state index in [2.05, 4.69) is 9.71 Å². The van der Waals surface area contributed by atoms with Crippen LogP contribution >= 0.6 is 0 Å². The van der Waals surface area contributed by atoms with Gasteiger partial charge >= 0.3 is 0 Å². The van der Waals surface area contributed by atoms with Gasteiger partial charge in [0.25, 0.3) is 0 Å². The first-order chi connectivity index (χ1) is 5.99. The molecule has 0 saturated heterocycles. The molecule has 0 aliphatic carbocycles. The van der Waals surface area contributed by atoms with Crippen LogP contribution in [0.4, 0.5) is 0 Å². The van der Waals surface area contributed by atoms with Crippen molar-refractivity contribution in [1.82, 2.24) is 14.3 Å². The highest BCUT2D eigenvalue weighted by atomic mass is 32.2. The predicted molar refractivity (Wildman–Crippen MR) is 49.8 cm³/mol. The molecule has 0 unspecified atom stereocenters. The van der Waals surface area contributed by atoms with Crippen molar-refractivity contribution in [3.05, 3.63) is 18.2 Å². The largest absolute Gasteiger partial charge is 0.338 e. The molecular formula is C7H13N3O2S. The Morgan fingerprint density at radius 1 is 1.62 bits per heavy atom. The highest BCUT2D eigenvalue weighted by Crippen LogP contribution is 1.94. The van der Waals surface area contributed by atoms with Gasteiger partial charge in [0.1, 0.15) is 5.82 Å². The predicted octanol–water partition coefficient (Wildman–Crippen LogP) is -0.488. The summed E-state index contributed by atoms with van der Waals surface area (Å²) in [7, 11) is -1.20. The molecule has 0 atom stereocenters. The zero-order valence-electron chi connectivity index (χ0n) is 7.69. The summed E-state index contributed by atoms with van der Waals surface area (Å²) in [5, 5.41) is 0. The first-order valence-corrected chi connectivity index (χ1v) is 5.79. The van der Waals surface area contributed by atoms with E-state index in [0.717, 1.165) is 12.1 Å².